The van der Waals surface area contributed by atoms with Gasteiger partial charge in [0.2, 0.25) is 5.91 Å². The van der Waals surface area contributed by atoms with Crippen molar-refractivity contribution in [1.82, 2.24) is 9.88 Å². The number of aromatic nitrogens is 1. The van der Waals surface area contributed by atoms with Crippen molar-refractivity contribution < 1.29 is 9.21 Å². The van der Waals surface area contributed by atoms with Crippen molar-refractivity contribution in [2.75, 3.05) is 13.1 Å². The molecule has 1 amide bonds. The highest BCUT2D eigenvalue weighted by Crippen LogP contribution is 2.24. The van der Waals surface area contributed by atoms with Crippen molar-refractivity contribution in [1.29, 1.82) is 0 Å². The third-order valence-corrected chi connectivity index (χ3v) is 3.44. The summed E-state index contributed by atoms with van der Waals surface area (Å²) in [6, 6.07) is 0. The highest BCUT2D eigenvalue weighted by Gasteiger charge is 2.22. The maximum atomic E-state index is 12.3. The third kappa shape index (κ3) is 5.18. The minimum absolute atomic E-state index is 0.0938. The van der Waals surface area contributed by atoms with Gasteiger partial charge >= 0.3 is 0 Å². The van der Waals surface area contributed by atoms with Gasteiger partial charge < -0.3 is 9.32 Å². The van der Waals surface area contributed by atoms with Gasteiger partial charge in [-0.3, -0.25) is 4.79 Å². The van der Waals surface area contributed by atoms with Crippen LogP contribution in [-0.4, -0.2) is 28.9 Å². The Labute approximate surface area is 128 Å². The summed E-state index contributed by atoms with van der Waals surface area (Å²) in [5.74, 6) is 1.81. The maximum Gasteiger partial charge on any atom is 0.223 e. The summed E-state index contributed by atoms with van der Waals surface area (Å²) in [6.07, 6.45) is 3.14. The molecule has 0 N–H and O–H groups in total. The molecule has 0 saturated heterocycles. The van der Waals surface area contributed by atoms with Gasteiger partial charge in [0.1, 0.15) is 5.76 Å². The zero-order chi connectivity index (χ0) is 16.0. The van der Waals surface area contributed by atoms with Gasteiger partial charge in [-0.1, -0.05) is 34.6 Å². The van der Waals surface area contributed by atoms with Crippen LogP contribution in [0.1, 0.15) is 71.2 Å². The minimum Gasteiger partial charge on any atom is -0.445 e. The summed E-state index contributed by atoms with van der Waals surface area (Å²) >= 11 is 0. The molecule has 0 saturated carbocycles. The van der Waals surface area contributed by atoms with Crippen LogP contribution in [0.4, 0.5) is 0 Å². The van der Waals surface area contributed by atoms with Gasteiger partial charge in [-0.25, -0.2) is 4.98 Å². The van der Waals surface area contributed by atoms with Crippen molar-refractivity contribution in [2.45, 2.75) is 72.6 Å². The quantitative estimate of drug-likeness (QED) is 0.767. The molecule has 0 aliphatic heterocycles. The van der Waals surface area contributed by atoms with Crippen LogP contribution >= 0.6 is 0 Å². The Morgan fingerprint density at radius 1 is 1.19 bits per heavy atom. The normalized spacial score (nSPS) is 11.7. The predicted octanol–water partition coefficient (Wildman–Crippen LogP) is 3.86. The van der Waals surface area contributed by atoms with E-state index < -0.39 is 0 Å². The monoisotopic (exact) mass is 294 g/mol. The third-order valence-electron chi connectivity index (χ3n) is 3.44. The Bertz CT molecular complexity index is 452. The lowest BCUT2D eigenvalue weighted by Crippen LogP contribution is -2.32. The SMILES string of the molecule is CCCN(CCC)C(=O)CCc1oc(C(C)(C)C)nc1C. The highest BCUT2D eigenvalue weighted by atomic mass is 16.4. The first-order valence-corrected chi connectivity index (χ1v) is 8.04. The Morgan fingerprint density at radius 2 is 1.76 bits per heavy atom. The summed E-state index contributed by atoms with van der Waals surface area (Å²) in [7, 11) is 0. The molecule has 1 aromatic heterocycles. The average molecular weight is 294 g/mol. The average Bonchev–Trinajstić information content (AvgIpc) is 2.77. The smallest absolute Gasteiger partial charge is 0.223 e. The molecule has 21 heavy (non-hydrogen) atoms. The topological polar surface area (TPSA) is 46.3 Å². The second-order valence-corrected chi connectivity index (χ2v) is 6.66. The van der Waals surface area contributed by atoms with Crippen LogP contribution in [0.3, 0.4) is 0 Å². The van der Waals surface area contributed by atoms with E-state index in [2.05, 4.69) is 39.6 Å². The van der Waals surface area contributed by atoms with E-state index in [1.807, 2.05) is 11.8 Å². The molecule has 1 aromatic rings. The molecule has 0 unspecified atom stereocenters. The fourth-order valence-corrected chi connectivity index (χ4v) is 2.26. The van der Waals surface area contributed by atoms with Crippen molar-refractivity contribution >= 4 is 5.91 Å². The molecule has 0 aliphatic carbocycles. The van der Waals surface area contributed by atoms with Gasteiger partial charge in [0.15, 0.2) is 5.89 Å². The molecule has 1 heterocycles. The fraction of sp³-hybridized carbons (Fsp3) is 0.765. The standard InChI is InChI=1S/C17H30N2O2/c1-7-11-19(12-8-2)15(20)10-9-14-13(3)18-16(21-14)17(4,5)6/h7-12H2,1-6H3. The number of hydrogen-bond acceptors (Lipinski definition) is 3. The van der Waals surface area contributed by atoms with Crippen molar-refractivity contribution in [3.05, 3.63) is 17.3 Å². The number of hydrogen-bond donors (Lipinski definition) is 0. The molecule has 4 heteroatoms. The van der Waals surface area contributed by atoms with Crippen molar-refractivity contribution in [3.63, 3.8) is 0 Å². The lowest BCUT2D eigenvalue weighted by Gasteiger charge is -2.21. The van der Waals surface area contributed by atoms with E-state index in [1.165, 1.54) is 0 Å². The fourth-order valence-electron chi connectivity index (χ4n) is 2.26. The summed E-state index contributed by atoms with van der Waals surface area (Å²) in [5.41, 5.74) is 0.814. The first-order chi connectivity index (χ1) is 9.79. The Hall–Kier alpha value is -1.32. The molecule has 0 aromatic carbocycles. The van der Waals surface area contributed by atoms with E-state index >= 15 is 0 Å². The van der Waals surface area contributed by atoms with E-state index in [-0.39, 0.29) is 11.3 Å². The van der Waals surface area contributed by atoms with Crippen LogP contribution in [0.2, 0.25) is 0 Å². The Kier molecular flexibility index (Phi) is 6.43. The van der Waals surface area contributed by atoms with Gasteiger partial charge in [-0.05, 0) is 19.8 Å². The second-order valence-electron chi connectivity index (χ2n) is 6.66. The van der Waals surface area contributed by atoms with Crippen LogP contribution in [0.25, 0.3) is 0 Å². The van der Waals surface area contributed by atoms with Gasteiger partial charge in [-0.2, -0.15) is 0 Å². The number of oxazole rings is 1. The first kappa shape index (κ1) is 17.7. The van der Waals surface area contributed by atoms with Gasteiger partial charge in [0, 0.05) is 31.3 Å². The summed E-state index contributed by atoms with van der Waals surface area (Å²) in [4.78, 5) is 18.7. The minimum atomic E-state index is -0.0938. The van der Waals surface area contributed by atoms with Crippen LogP contribution in [0.5, 0.6) is 0 Å². The van der Waals surface area contributed by atoms with Crippen molar-refractivity contribution in [2.24, 2.45) is 0 Å². The molecule has 0 radical (unpaired) electrons. The van der Waals surface area contributed by atoms with Gasteiger partial charge in [-0.15, -0.1) is 0 Å². The Morgan fingerprint density at radius 3 is 2.19 bits per heavy atom. The number of carbonyl (C=O) groups excluding carboxylic acids is 1. The van der Waals surface area contributed by atoms with E-state index in [0.717, 1.165) is 43.3 Å². The van der Waals surface area contributed by atoms with Gasteiger partial charge in [0.25, 0.3) is 0 Å². The second kappa shape index (κ2) is 7.62. The van der Waals surface area contributed by atoms with Crippen LogP contribution in [0.15, 0.2) is 4.42 Å². The summed E-state index contributed by atoms with van der Waals surface area (Å²) in [5, 5.41) is 0. The molecule has 4 nitrogen and oxygen atoms in total. The highest BCUT2D eigenvalue weighted by molar-refractivity contribution is 5.76. The lowest BCUT2D eigenvalue weighted by molar-refractivity contribution is -0.131. The first-order valence-electron chi connectivity index (χ1n) is 8.04. The summed E-state index contributed by atoms with van der Waals surface area (Å²) < 4.78 is 5.85. The maximum absolute atomic E-state index is 12.3. The number of amides is 1. The zero-order valence-electron chi connectivity index (χ0n) is 14.5. The molecule has 120 valence electrons. The molecule has 0 atom stereocenters. The van der Waals surface area contributed by atoms with Crippen LogP contribution in [0, 0.1) is 6.92 Å². The number of carbonyl (C=O) groups is 1. The van der Waals surface area contributed by atoms with E-state index in [4.69, 9.17) is 4.42 Å². The molecule has 0 bridgehead atoms. The lowest BCUT2D eigenvalue weighted by atomic mass is 9.97. The Balaban J connectivity index is 2.66. The summed E-state index contributed by atoms with van der Waals surface area (Å²) in [6.45, 7) is 14.1. The molecule has 0 aliphatic rings. The molecule has 0 spiro atoms. The molecule has 1 rings (SSSR count). The van der Waals surface area contributed by atoms with E-state index in [9.17, 15) is 4.79 Å². The number of aryl methyl sites for hydroxylation is 2. The molecule has 0 fully saturated rings. The zero-order valence-corrected chi connectivity index (χ0v) is 14.5. The number of nitrogens with zero attached hydrogens (tertiary/aromatic N) is 2. The van der Waals surface area contributed by atoms with Crippen LogP contribution in [-0.2, 0) is 16.6 Å². The number of rotatable bonds is 7. The van der Waals surface area contributed by atoms with E-state index in [1.54, 1.807) is 0 Å². The van der Waals surface area contributed by atoms with E-state index in [0.29, 0.717) is 12.8 Å². The molecular weight excluding hydrogens is 264 g/mol. The predicted molar refractivity (Wildman–Crippen MR) is 85.4 cm³/mol. The molecular formula is C17H30N2O2. The van der Waals surface area contributed by atoms with Crippen LogP contribution < -0.4 is 0 Å². The van der Waals surface area contributed by atoms with Crippen molar-refractivity contribution in [3.8, 4) is 0 Å². The van der Waals surface area contributed by atoms with Gasteiger partial charge in [0.05, 0.1) is 5.69 Å². The largest absolute Gasteiger partial charge is 0.445 e.